The molecule has 2 heterocycles. The lowest BCUT2D eigenvalue weighted by molar-refractivity contribution is 0.696. The van der Waals surface area contributed by atoms with Crippen molar-refractivity contribution in [2.75, 3.05) is 0 Å². The van der Waals surface area contributed by atoms with Gasteiger partial charge in [-0.25, -0.2) is 0 Å². The third-order valence-electron chi connectivity index (χ3n) is 4.14. The van der Waals surface area contributed by atoms with E-state index in [0.29, 0.717) is 22.4 Å². The van der Waals surface area contributed by atoms with Crippen LogP contribution in [-0.2, 0) is 13.0 Å². The van der Waals surface area contributed by atoms with Crippen LogP contribution in [0.1, 0.15) is 18.2 Å². The van der Waals surface area contributed by atoms with Gasteiger partial charge in [-0.05, 0) is 29.8 Å². The van der Waals surface area contributed by atoms with Crippen molar-refractivity contribution < 1.29 is 0 Å². The van der Waals surface area contributed by atoms with E-state index in [9.17, 15) is 0 Å². The smallest absolute Gasteiger partial charge is 0.204 e. The van der Waals surface area contributed by atoms with Crippen LogP contribution < -0.4 is 0 Å². The molecule has 0 bridgehead atoms. The minimum Gasteiger partial charge on any atom is -0.260 e. The summed E-state index contributed by atoms with van der Waals surface area (Å²) in [5.74, 6) is 0.545. The second kappa shape index (κ2) is 6.46. The summed E-state index contributed by atoms with van der Waals surface area (Å²) >= 11 is 12.7. The first-order valence-electron chi connectivity index (χ1n) is 7.83. The van der Waals surface area contributed by atoms with Crippen molar-refractivity contribution in [1.82, 2.24) is 30.4 Å². The predicted octanol–water partition coefficient (Wildman–Crippen LogP) is 4.13. The number of hydrogen-bond donors (Lipinski definition) is 1. The van der Waals surface area contributed by atoms with Crippen molar-refractivity contribution in [3.05, 3.63) is 57.7 Å². The van der Waals surface area contributed by atoms with Gasteiger partial charge in [0, 0.05) is 26.6 Å². The van der Waals surface area contributed by atoms with E-state index in [0.717, 1.165) is 34.1 Å². The van der Waals surface area contributed by atoms with Gasteiger partial charge in [0.15, 0.2) is 0 Å². The molecule has 25 heavy (non-hydrogen) atoms. The molecule has 0 radical (unpaired) electrons. The Labute approximate surface area is 153 Å². The maximum absolute atomic E-state index is 6.33. The summed E-state index contributed by atoms with van der Waals surface area (Å²) in [6, 6.07) is 11.5. The van der Waals surface area contributed by atoms with E-state index >= 15 is 0 Å². The van der Waals surface area contributed by atoms with Crippen molar-refractivity contribution in [2.45, 2.75) is 19.9 Å². The lowest BCUT2D eigenvalue weighted by atomic mass is 10.1. The summed E-state index contributed by atoms with van der Waals surface area (Å²) in [6.45, 7) is 2.58. The Morgan fingerprint density at radius 3 is 2.60 bits per heavy atom. The van der Waals surface area contributed by atoms with Gasteiger partial charge in [0.05, 0.1) is 17.8 Å². The molecule has 6 nitrogen and oxygen atoms in total. The monoisotopic (exact) mass is 372 g/mol. The molecule has 0 aliphatic rings. The molecule has 0 atom stereocenters. The van der Waals surface area contributed by atoms with Gasteiger partial charge in [0.2, 0.25) is 5.82 Å². The number of benzene rings is 2. The highest BCUT2D eigenvalue weighted by molar-refractivity contribution is 6.36. The van der Waals surface area contributed by atoms with Gasteiger partial charge in [-0.15, -0.1) is 10.2 Å². The Balaban J connectivity index is 1.86. The number of aryl methyl sites for hydroxylation is 1. The van der Waals surface area contributed by atoms with Crippen LogP contribution in [0.15, 0.2) is 36.4 Å². The fourth-order valence-corrected chi connectivity index (χ4v) is 3.40. The molecule has 0 aliphatic carbocycles. The summed E-state index contributed by atoms with van der Waals surface area (Å²) in [6.07, 6.45) is 0.835. The number of H-pyrrole nitrogens is 1. The zero-order chi connectivity index (χ0) is 17.4. The van der Waals surface area contributed by atoms with Gasteiger partial charge in [0.1, 0.15) is 0 Å². The highest BCUT2D eigenvalue weighted by atomic mass is 35.5. The number of nitrogens with zero attached hydrogens (tertiary/aromatic N) is 5. The number of fused-ring (bicyclic) bond motifs is 1. The molecule has 8 heteroatoms. The maximum atomic E-state index is 6.33. The second-order valence-electron chi connectivity index (χ2n) is 5.63. The predicted molar refractivity (Wildman–Crippen MR) is 97.8 cm³/mol. The fraction of sp³-hybridized carbons (Fsp3) is 0.176. The van der Waals surface area contributed by atoms with Gasteiger partial charge in [-0.1, -0.05) is 48.3 Å². The number of aromatic amines is 1. The molecular weight excluding hydrogens is 359 g/mol. The summed E-state index contributed by atoms with van der Waals surface area (Å²) in [7, 11) is 0. The van der Waals surface area contributed by atoms with E-state index in [4.69, 9.17) is 28.3 Å². The van der Waals surface area contributed by atoms with Crippen molar-refractivity contribution in [3.63, 3.8) is 0 Å². The number of tetrazole rings is 1. The van der Waals surface area contributed by atoms with Crippen LogP contribution in [-0.4, -0.2) is 30.4 Å². The van der Waals surface area contributed by atoms with Gasteiger partial charge in [-0.3, -0.25) is 4.68 Å². The van der Waals surface area contributed by atoms with E-state index in [-0.39, 0.29) is 0 Å². The van der Waals surface area contributed by atoms with Crippen LogP contribution in [0.2, 0.25) is 10.0 Å². The molecule has 0 unspecified atom stereocenters. The molecule has 0 amide bonds. The standard InChI is InChI=1S/C17H14Cl2N6/c1-2-15-11-7-6-10(17-20-23-24-21-17)8-16(11)25(22-15)9-12-13(18)4-3-5-14(12)19/h3-8H,2,9H2,1H3,(H,20,21,23,24). The lowest BCUT2D eigenvalue weighted by Gasteiger charge is -2.08. The maximum Gasteiger partial charge on any atom is 0.204 e. The average Bonchev–Trinajstić information content (AvgIpc) is 3.26. The summed E-state index contributed by atoms with van der Waals surface area (Å²) < 4.78 is 1.92. The Morgan fingerprint density at radius 2 is 1.92 bits per heavy atom. The molecule has 126 valence electrons. The molecule has 4 rings (SSSR count). The molecular formula is C17H14Cl2N6. The van der Waals surface area contributed by atoms with Crippen LogP contribution in [0.25, 0.3) is 22.3 Å². The minimum absolute atomic E-state index is 0.491. The highest BCUT2D eigenvalue weighted by Gasteiger charge is 2.14. The van der Waals surface area contributed by atoms with Gasteiger partial charge in [-0.2, -0.15) is 10.3 Å². The van der Waals surface area contributed by atoms with E-state index < -0.39 is 0 Å². The van der Waals surface area contributed by atoms with E-state index in [1.54, 1.807) is 0 Å². The number of aromatic nitrogens is 6. The van der Waals surface area contributed by atoms with Crippen molar-refractivity contribution in [2.24, 2.45) is 0 Å². The van der Waals surface area contributed by atoms with Crippen LogP contribution in [0.4, 0.5) is 0 Å². The zero-order valence-electron chi connectivity index (χ0n) is 13.4. The quantitative estimate of drug-likeness (QED) is 0.584. The zero-order valence-corrected chi connectivity index (χ0v) is 14.9. The second-order valence-corrected chi connectivity index (χ2v) is 6.44. The lowest BCUT2D eigenvalue weighted by Crippen LogP contribution is -2.03. The molecule has 2 aromatic heterocycles. The fourth-order valence-electron chi connectivity index (χ4n) is 2.88. The Hall–Kier alpha value is -2.44. The summed E-state index contributed by atoms with van der Waals surface area (Å²) in [5, 5.41) is 21.3. The SMILES string of the molecule is CCc1nn(Cc2c(Cl)cccc2Cl)c2cc(-c3nn[nH]n3)ccc12. The third kappa shape index (κ3) is 2.88. The molecule has 0 saturated carbocycles. The Bertz CT molecular complexity index is 1020. The van der Waals surface area contributed by atoms with Gasteiger partial charge in [0.25, 0.3) is 0 Å². The molecule has 0 aliphatic heterocycles. The van der Waals surface area contributed by atoms with E-state index in [1.165, 1.54) is 0 Å². The molecule has 4 aromatic rings. The normalized spacial score (nSPS) is 11.3. The number of hydrogen-bond acceptors (Lipinski definition) is 4. The summed E-state index contributed by atoms with van der Waals surface area (Å²) in [5.41, 5.74) is 3.73. The highest BCUT2D eigenvalue weighted by Crippen LogP contribution is 2.29. The Kier molecular flexibility index (Phi) is 4.15. The number of rotatable bonds is 4. The van der Waals surface area contributed by atoms with E-state index in [2.05, 4.69) is 27.5 Å². The topological polar surface area (TPSA) is 72.3 Å². The van der Waals surface area contributed by atoms with Crippen LogP contribution >= 0.6 is 23.2 Å². The Morgan fingerprint density at radius 1 is 1.12 bits per heavy atom. The molecule has 0 spiro atoms. The molecule has 2 aromatic carbocycles. The van der Waals surface area contributed by atoms with Crippen LogP contribution in [0.3, 0.4) is 0 Å². The van der Waals surface area contributed by atoms with Gasteiger partial charge < -0.3 is 0 Å². The first kappa shape index (κ1) is 16.1. The molecule has 1 N–H and O–H groups in total. The van der Waals surface area contributed by atoms with Crippen molar-refractivity contribution >= 4 is 34.1 Å². The van der Waals surface area contributed by atoms with Crippen LogP contribution in [0.5, 0.6) is 0 Å². The molecule has 0 fully saturated rings. The number of halogens is 2. The van der Waals surface area contributed by atoms with Crippen molar-refractivity contribution in [3.8, 4) is 11.4 Å². The number of nitrogens with one attached hydrogen (secondary N) is 1. The van der Waals surface area contributed by atoms with Crippen LogP contribution in [0, 0.1) is 0 Å². The molecule has 0 saturated heterocycles. The minimum atomic E-state index is 0.491. The summed E-state index contributed by atoms with van der Waals surface area (Å²) in [4.78, 5) is 0. The first-order valence-corrected chi connectivity index (χ1v) is 8.59. The average molecular weight is 373 g/mol. The van der Waals surface area contributed by atoms with Gasteiger partial charge >= 0.3 is 0 Å². The third-order valence-corrected chi connectivity index (χ3v) is 4.84. The van der Waals surface area contributed by atoms with E-state index in [1.807, 2.05) is 41.1 Å². The van der Waals surface area contributed by atoms with Crippen molar-refractivity contribution in [1.29, 1.82) is 0 Å². The largest absolute Gasteiger partial charge is 0.260 e. The first-order chi connectivity index (χ1) is 12.2.